The van der Waals surface area contributed by atoms with Crippen LogP contribution in [0.4, 0.5) is 4.39 Å². The van der Waals surface area contributed by atoms with Gasteiger partial charge in [-0.3, -0.25) is 4.99 Å². The van der Waals surface area contributed by atoms with E-state index >= 15 is 0 Å². The van der Waals surface area contributed by atoms with Gasteiger partial charge < -0.3 is 10.6 Å². The van der Waals surface area contributed by atoms with Gasteiger partial charge in [0.1, 0.15) is 5.82 Å². The summed E-state index contributed by atoms with van der Waals surface area (Å²) in [6.45, 7) is 3.64. The molecule has 0 aliphatic heterocycles. The van der Waals surface area contributed by atoms with Gasteiger partial charge in [0.05, 0.1) is 0 Å². The normalized spacial score (nSPS) is 11.8. The van der Waals surface area contributed by atoms with Crippen molar-refractivity contribution in [2.45, 2.75) is 19.8 Å². The summed E-state index contributed by atoms with van der Waals surface area (Å²) in [4.78, 5) is 4.14. The molecule has 0 bridgehead atoms. The summed E-state index contributed by atoms with van der Waals surface area (Å²) in [6.07, 6.45) is 5.97. The van der Waals surface area contributed by atoms with Gasteiger partial charge in [0.2, 0.25) is 0 Å². The second-order valence-corrected chi connectivity index (χ2v) is 4.16. The largest absolute Gasteiger partial charge is 0.356 e. The molecule has 0 amide bonds. The third kappa shape index (κ3) is 6.60. The molecule has 2 N–H and O–H groups in total. The Morgan fingerprint density at radius 3 is 2.53 bits per heavy atom. The van der Waals surface area contributed by atoms with E-state index in [1.165, 1.54) is 12.1 Å². The number of benzene rings is 1. The average molecular weight is 263 g/mol. The molecule has 0 radical (unpaired) electrons. The average Bonchev–Trinajstić information content (AvgIpc) is 2.43. The van der Waals surface area contributed by atoms with Gasteiger partial charge >= 0.3 is 0 Å². The Balaban J connectivity index is 2.24. The predicted molar refractivity (Wildman–Crippen MR) is 78.9 cm³/mol. The van der Waals surface area contributed by atoms with Crippen LogP contribution in [0, 0.1) is 5.82 Å². The molecule has 0 heterocycles. The first kappa shape index (κ1) is 15.2. The molecule has 19 heavy (non-hydrogen) atoms. The maximum Gasteiger partial charge on any atom is 0.190 e. The first-order chi connectivity index (χ1) is 9.26. The molecule has 0 aromatic heterocycles. The minimum Gasteiger partial charge on any atom is -0.356 e. The van der Waals surface area contributed by atoms with Gasteiger partial charge in [0.15, 0.2) is 5.96 Å². The summed E-state index contributed by atoms with van der Waals surface area (Å²) in [6, 6.07) is 6.58. The van der Waals surface area contributed by atoms with Crippen molar-refractivity contribution in [3.05, 3.63) is 47.8 Å². The summed E-state index contributed by atoms with van der Waals surface area (Å²) in [5.74, 6) is 0.602. The highest BCUT2D eigenvalue weighted by Gasteiger charge is 1.97. The lowest BCUT2D eigenvalue weighted by Crippen LogP contribution is -2.38. The lowest BCUT2D eigenvalue weighted by atomic mass is 10.1. The molecule has 1 aromatic carbocycles. The number of halogens is 1. The van der Waals surface area contributed by atoms with Gasteiger partial charge in [-0.05, 0) is 37.5 Å². The van der Waals surface area contributed by atoms with E-state index in [4.69, 9.17) is 0 Å². The van der Waals surface area contributed by atoms with Crippen LogP contribution in [0.5, 0.6) is 0 Å². The molecular formula is C15H22FN3. The monoisotopic (exact) mass is 263 g/mol. The van der Waals surface area contributed by atoms with E-state index in [0.29, 0.717) is 0 Å². The lowest BCUT2D eigenvalue weighted by Gasteiger charge is -2.11. The van der Waals surface area contributed by atoms with Crippen LogP contribution in [-0.2, 0) is 6.42 Å². The smallest absolute Gasteiger partial charge is 0.190 e. The number of nitrogens with one attached hydrogen (secondary N) is 2. The number of rotatable bonds is 6. The molecule has 4 heteroatoms. The second kappa shape index (κ2) is 9.14. The maximum absolute atomic E-state index is 12.7. The number of guanidine groups is 1. The minimum absolute atomic E-state index is 0.196. The van der Waals surface area contributed by atoms with Crippen molar-refractivity contribution in [3.63, 3.8) is 0 Å². The topological polar surface area (TPSA) is 36.4 Å². The van der Waals surface area contributed by atoms with E-state index in [9.17, 15) is 4.39 Å². The Labute approximate surface area is 114 Å². The zero-order chi connectivity index (χ0) is 13.9. The lowest BCUT2D eigenvalue weighted by molar-refractivity contribution is 0.626. The van der Waals surface area contributed by atoms with E-state index < -0.39 is 0 Å². The number of hydrogen-bond acceptors (Lipinski definition) is 1. The fourth-order valence-electron chi connectivity index (χ4n) is 1.64. The van der Waals surface area contributed by atoms with Crippen LogP contribution >= 0.6 is 0 Å². The molecule has 0 aliphatic carbocycles. The highest BCUT2D eigenvalue weighted by Crippen LogP contribution is 2.02. The summed E-state index contributed by atoms with van der Waals surface area (Å²) in [5, 5.41) is 6.46. The predicted octanol–water partition coefficient (Wildman–Crippen LogP) is 2.50. The third-order valence-corrected chi connectivity index (χ3v) is 2.68. The van der Waals surface area contributed by atoms with E-state index in [-0.39, 0.29) is 5.82 Å². The molecule has 0 saturated heterocycles. The fourth-order valence-corrected chi connectivity index (χ4v) is 1.64. The zero-order valence-electron chi connectivity index (χ0n) is 11.6. The highest BCUT2D eigenvalue weighted by molar-refractivity contribution is 5.79. The van der Waals surface area contributed by atoms with E-state index in [0.717, 1.165) is 37.5 Å². The van der Waals surface area contributed by atoms with Crippen molar-refractivity contribution >= 4 is 5.96 Å². The second-order valence-electron chi connectivity index (χ2n) is 4.16. The zero-order valence-corrected chi connectivity index (χ0v) is 11.6. The first-order valence-electron chi connectivity index (χ1n) is 6.56. The number of aliphatic imine (C=N–C) groups is 1. The SMILES string of the molecule is CC=CCCNC(=NC)NCCc1ccc(F)cc1. The molecule has 1 aromatic rings. The van der Waals surface area contributed by atoms with Crippen LogP contribution in [0.3, 0.4) is 0 Å². The standard InChI is InChI=1S/C15H22FN3/c1-3-4-5-11-18-15(17-2)19-12-10-13-6-8-14(16)9-7-13/h3-4,6-9H,5,10-12H2,1-2H3,(H2,17,18,19). The Morgan fingerprint density at radius 1 is 1.21 bits per heavy atom. The maximum atomic E-state index is 12.7. The molecule has 0 saturated carbocycles. The fraction of sp³-hybridized carbons (Fsp3) is 0.400. The molecule has 104 valence electrons. The molecule has 0 unspecified atom stereocenters. The number of allylic oxidation sites excluding steroid dienone is 1. The third-order valence-electron chi connectivity index (χ3n) is 2.68. The van der Waals surface area contributed by atoms with Crippen LogP contribution < -0.4 is 10.6 Å². The van der Waals surface area contributed by atoms with Crippen LogP contribution in [0.1, 0.15) is 18.9 Å². The number of hydrogen-bond donors (Lipinski definition) is 2. The molecule has 0 fully saturated rings. The van der Waals surface area contributed by atoms with Crippen molar-refractivity contribution in [2.75, 3.05) is 20.1 Å². The van der Waals surface area contributed by atoms with E-state index in [1.54, 1.807) is 19.2 Å². The minimum atomic E-state index is -0.196. The first-order valence-corrected chi connectivity index (χ1v) is 6.56. The summed E-state index contributed by atoms with van der Waals surface area (Å²) < 4.78 is 12.7. The Bertz CT molecular complexity index is 410. The molecule has 1 rings (SSSR count). The van der Waals surface area contributed by atoms with Crippen molar-refractivity contribution in [3.8, 4) is 0 Å². The van der Waals surface area contributed by atoms with Crippen LogP contribution in [0.2, 0.25) is 0 Å². The molecule has 0 atom stereocenters. The molecular weight excluding hydrogens is 241 g/mol. The summed E-state index contributed by atoms with van der Waals surface area (Å²) in [5.41, 5.74) is 1.11. The number of nitrogens with zero attached hydrogens (tertiary/aromatic N) is 1. The van der Waals surface area contributed by atoms with Gasteiger partial charge in [-0.2, -0.15) is 0 Å². The Kier molecular flexibility index (Phi) is 7.32. The Morgan fingerprint density at radius 2 is 1.89 bits per heavy atom. The quantitative estimate of drug-likeness (QED) is 0.358. The molecule has 3 nitrogen and oxygen atoms in total. The summed E-state index contributed by atoms with van der Waals surface area (Å²) >= 11 is 0. The van der Waals surface area contributed by atoms with Crippen molar-refractivity contribution < 1.29 is 4.39 Å². The molecule has 0 aliphatic rings. The van der Waals surface area contributed by atoms with Crippen molar-refractivity contribution in [1.29, 1.82) is 0 Å². The van der Waals surface area contributed by atoms with Gasteiger partial charge in [0.25, 0.3) is 0 Å². The van der Waals surface area contributed by atoms with Crippen molar-refractivity contribution in [2.24, 2.45) is 4.99 Å². The van der Waals surface area contributed by atoms with Gasteiger partial charge in [-0.15, -0.1) is 0 Å². The van der Waals surface area contributed by atoms with Crippen LogP contribution in [0.15, 0.2) is 41.4 Å². The van der Waals surface area contributed by atoms with Crippen LogP contribution in [-0.4, -0.2) is 26.1 Å². The molecule has 0 spiro atoms. The van der Waals surface area contributed by atoms with Gasteiger partial charge in [0, 0.05) is 20.1 Å². The van der Waals surface area contributed by atoms with Gasteiger partial charge in [-0.25, -0.2) is 4.39 Å². The van der Waals surface area contributed by atoms with Gasteiger partial charge in [-0.1, -0.05) is 24.3 Å². The van der Waals surface area contributed by atoms with Crippen LogP contribution in [0.25, 0.3) is 0 Å². The van der Waals surface area contributed by atoms with E-state index in [2.05, 4.69) is 21.7 Å². The summed E-state index contributed by atoms with van der Waals surface area (Å²) in [7, 11) is 1.75. The highest BCUT2D eigenvalue weighted by atomic mass is 19.1. The Hall–Kier alpha value is -1.84. The van der Waals surface area contributed by atoms with Crippen molar-refractivity contribution in [1.82, 2.24) is 10.6 Å². The van der Waals surface area contributed by atoms with E-state index in [1.807, 2.05) is 13.0 Å².